The van der Waals surface area contributed by atoms with Gasteiger partial charge < -0.3 is 4.42 Å². The molecule has 16 heavy (non-hydrogen) atoms. The van der Waals surface area contributed by atoms with Crippen molar-refractivity contribution in [1.82, 2.24) is 0 Å². The van der Waals surface area contributed by atoms with Crippen LogP contribution in [0.3, 0.4) is 0 Å². The number of hydrogen-bond donors (Lipinski definition) is 0. The topological polar surface area (TPSA) is 49.3 Å². The Balaban J connectivity index is 2.48. The SMILES string of the molecule is CCC1=NC(=S)C(C#N)C(c2ccco2)=C1. The molecule has 1 aliphatic heterocycles. The van der Waals surface area contributed by atoms with Crippen LogP contribution in [0, 0.1) is 17.2 Å². The largest absolute Gasteiger partial charge is 0.465 e. The van der Waals surface area contributed by atoms with Gasteiger partial charge in [0, 0.05) is 11.3 Å². The minimum absolute atomic E-state index is 0.424. The van der Waals surface area contributed by atoms with Crippen molar-refractivity contribution >= 4 is 28.5 Å². The van der Waals surface area contributed by atoms with Crippen LogP contribution in [-0.2, 0) is 0 Å². The first kappa shape index (κ1) is 10.8. The molecule has 2 rings (SSSR count). The third kappa shape index (κ3) is 1.82. The molecule has 1 aliphatic rings. The maximum absolute atomic E-state index is 9.10. The molecule has 0 aromatic carbocycles. The third-order valence-corrected chi connectivity index (χ3v) is 2.76. The second-order valence-electron chi connectivity index (χ2n) is 3.43. The Morgan fingerprint density at radius 1 is 1.62 bits per heavy atom. The molecule has 1 atom stereocenters. The molecular formula is C12H10N2OS. The van der Waals surface area contributed by atoms with Gasteiger partial charge in [0.25, 0.3) is 0 Å². The molecule has 0 N–H and O–H groups in total. The van der Waals surface area contributed by atoms with Gasteiger partial charge in [0.1, 0.15) is 16.7 Å². The fraction of sp³-hybridized carbons (Fsp3) is 0.250. The lowest BCUT2D eigenvalue weighted by Crippen LogP contribution is -2.17. The fourth-order valence-corrected chi connectivity index (χ4v) is 1.89. The van der Waals surface area contributed by atoms with Gasteiger partial charge in [-0.2, -0.15) is 5.26 Å². The first-order valence-electron chi connectivity index (χ1n) is 5.02. The molecule has 1 aromatic rings. The van der Waals surface area contributed by atoms with Crippen LogP contribution in [-0.4, -0.2) is 10.7 Å². The van der Waals surface area contributed by atoms with E-state index >= 15 is 0 Å². The predicted molar refractivity (Wildman–Crippen MR) is 66.1 cm³/mol. The van der Waals surface area contributed by atoms with Crippen LogP contribution in [0.15, 0.2) is 33.9 Å². The van der Waals surface area contributed by atoms with Crippen molar-refractivity contribution in [2.75, 3.05) is 0 Å². The second kappa shape index (κ2) is 4.42. The van der Waals surface area contributed by atoms with E-state index in [1.807, 2.05) is 19.1 Å². The molecule has 0 saturated carbocycles. The summed E-state index contributed by atoms with van der Waals surface area (Å²) < 4.78 is 5.31. The summed E-state index contributed by atoms with van der Waals surface area (Å²) in [5.74, 6) is 0.214. The highest BCUT2D eigenvalue weighted by molar-refractivity contribution is 7.80. The summed E-state index contributed by atoms with van der Waals surface area (Å²) in [5, 5.41) is 9.10. The molecule has 0 fully saturated rings. The average molecular weight is 230 g/mol. The standard InChI is InChI=1S/C12H10N2OS/c1-2-8-6-9(11-4-3-5-15-11)10(7-13)12(16)14-8/h3-6,10H,2H2,1H3. The molecule has 0 spiro atoms. The van der Waals surface area contributed by atoms with Crippen molar-refractivity contribution in [3.05, 3.63) is 30.2 Å². The molecule has 1 aromatic heterocycles. The molecule has 1 unspecified atom stereocenters. The molecule has 4 heteroatoms. The summed E-state index contributed by atoms with van der Waals surface area (Å²) in [6, 6.07) is 5.79. The zero-order valence-corrected chi connectivity index (χ0v) is 9.62. The van der Waals surface area contributed by atoms with Gasteiger partial charge in [-0.15, -0.1) is 0 Å². The Bertz CT molecular complexity index is 506. The van der Waals surface area contributed by atoms with Crippen LogP contribution >= 0.6 is 12.2 Å². The number of allylic oxidation sites excluding steroid dienone is 1. The van der Waals surface area contributed by atoms with Crippen molar-refractivity contribution in [3.8, 4) is 6.07 Å². The van der Waals surface area contributed by atoms with Crippen molar-refractivity contribution in [1.29, 1.82) is 5.26 Å². The van der Waals surface area contributed by atoms with Crippen LogP contribution < -0.4 is 0 Å². The van der Waals surface area contributed by atoms with Gasteiger partial charge in [-0.1, -0.05) is 19.1 Å². The van der Waals surface area contributed by atoms with Gasteiger partial charge in [-0.3, -0.25) is 0 Å². The zero-order chi connectivity index (χ0) is 11.5. The number of aliphatic imine (C=N–C) groups is 1. The van der Waals surface area contributed by atoms with Gasteiger partial charge in [0.15, 0.2) is 0 Å². The summed E-state index contributed by atoms with van der Waals surface area (Å²) in [6.45, 7) is 2.00. The maximum atomic E-state index is 9.10. The monoisotopic (exact) mass is 230 g/mol. The molecule has 0 radical (unpaired) electrons. The first-order chi connectivity index (χ1) is 7.76. The van der Waals surface area contributed by atoms with Gasteiger partial charge in [0.2, 0.25) is 0 Å². The normalized spacial score (nSPS) is 20.0. The minimum atomic E-state index is -0.476. The summed E-state index contributed by atoms with van der Waals surface area (Å²) in [4.78, 5) is 4.64. The molecule has 0 saturated heterocycles. The highest BCUT2D eigenvalue weighted by atomic mass is 32.1. The lowest BCUT2D eigenvalue weighted by atomic mass is 9.93. The Morgan fingerprint density at radius 3 is 3.00 bits per heavy atom. The summed E-state index contributed by atoms with van der Waals surface area (Å²) in [7, 11) is 0. The van der Waals surface area contributed by atoms with E-state index in [0.717, 1.165) is 17.7 Å². The van der Waals surface area contributed by atoms with E-state index < -0.39 is 5.92 Å². The van der Waals surface area contributed by atoms with Crippen molar-refractivity contribution < 1.29 is 4.42 Å². The van der Waals surface area contributed by atoms with Crippen LogP contribution in [0.4, 0.5) is 0 Å². The fourth-order valence-electron chi connectivity index (χ4n) is 1.60. The molecule has 2 heterocycles. The molecule has 3 nitrogen and oxygen atoms in total. The van der Waals surface area contributed by atoms with Crippen LogP contribution in [0.25, 0.3) is 5.57 Å². The van der Waals surface area contributed by atoms with Gasteiger partial charge in [-0.25, -0.2) is 4.99 Å². The van der Waals surface area contributed by atoms with E-state index in [0.29, 0.717) is 10.7 Å². The minimum Gasteiger partial charge on any atom is -0.465 e. The second-order valence-corrected chi connectivity index (χ2v) is 3.85. The van der Waals surface area contributed by atoms with Crippen LogP contribution in [0.2, 0.25) is 0 Å². The van der Waals surface area contributed by atoms with Gasteiger partial charge in [0.05, 0.1) is 12.3 Å². The molecular weight excluding hydrogens is 220 g/mol. The molecule has 0 amide bonds. The van der Waals surface area contributed by atoms with Crippen LogP contribution in [0.5, 0.6) is 0 Å². The summed E-state index contributed by atoms with van der Waals surface area (Å²) in [6.07, 6.45) is 4.27. The Labute approximate surface area is 99.1 Å². The van der Waals surface area contributed by atoms with E-state index in [2.05, 4.69) is 11.1 Å². The number of thiocarbonyl (C=S) groups is 1. The highest BCUT2D eigenvalue weighted by Crippen LogP contribution is 2.28. The van der Waals surface area contributed by atoms with Crippen LogP contribution in [0.1, 0.15) is 19.1 Å². The van der Waals surface area contributed by atoms with Gasteiger partial charge in [-0.05, 0) is 24.6 Å². The number of nitriles is 1. The van der Waals surface area contributed by atoms with Crippen molar-refractivity contribution in [2.24, 2.45) is 10.9 Å². The smallest absolute Gasteiger partial charge is 0.131 e. The lowest BCUT2D eigenvalue weighted by molar-refractivity contribution is 0.550. The zero-order valence-electron chi connectivity index (χ0n) is 8.80. The summed E-state index contributed by atoms with van der Waals surface area (Å²) >= 11 is 5.13. The van der Waals surface area contributed by atoms with Crippen molar-refractivity contribution in [2.45, 2.75) is 13.3 Å². The van der Waals surface area contributed by atoms with Gasteiger partial charge >= 0.3 is 0 Å². The first-order valence-corrected chi connectivity index (χ1v) is 5.43. The maximum Gasteiger partial charge on any atom is 0.131 e. The molecule has 80 valence electrons. The number of nitrogens with zero attached hydrogens (tertiary/aromatic N) is 2. The Hall–Kier alpha value is -1.73. The van der Waals surface area contributed by atoms with E-state index in [-0.39, 0.29) is 0 Å². The highest BCUT2D eigenvalue weighted by Gasteiger charge is 2.25. The number of rotatable bonds is 2. The van der Waals surface area contributed by atoms with E-state index in [4.69, 9.17) is 21.9 Å². The number of hydrogen-bond acceptors (Lipinski definition) is 3. The van der Waals surface area contributed by atoms with E-state index in [1.54, 1.807) is 12.3 Å². The Kier molecular flexibility index (Phi) is 2.97. The summed E-state index contributed by atoms with van der Waals surface area (Å²) in [5.41, 5.74) is 1.70. The molecule has 0 aliphatic carbocycles. The van der Waals surface area contributed by atoms with E-state index in [9.17, 15) is 0 Å². The third-order valence-electron chi connectivity index (χ3n) is 2.43. The average Bonchev–Trinajstić information content (AvgIpc) is 2.81. The number of furan rings is 1. The lowest BCUT2D eigenvalue weighted by Gasteiger charge is -2.16. The van der Waals surface area contributed by atoms with Crippen molar-refractivity contribution in [3.63, 3.8) is 0 Å². The Morgan fingerprint density at radius 2 is 2.44 bits per heavy atom. The quantitative estimate of drug-likeness (QED) is 0.734. The predicted octanol–water partition coefficient (Wildman–Crippen LogP) is 2.99. The molecule has 0 bridgehead atoms. The number of dihydropyridines is 1. The van der Waals surface area contributed by atoms with E-state index in [1.165, 1.54) is 0 Å².